The number of carbonyl (C=O) groups excluding carboxylic acids is 1. The third kappa shape index (κ3) is 3.15. The lowest BCUT2D eigenvalue weighted by Gasteiger charge is -2.43. The average Bonchev–Trinajstić information content (AvgIpc) is 3.05. The second kappa shape index (κ2) is 6.53. The number of carbonyl (C=O) groups is 2. The van der Waals surface area contributed by atoms with Gasteiger partial charge < -0.3 is 14.7 Å². The molecule has 2 aliphatic rings. The maximum absolute atomic E-state index is 14.1. The number of cyclic esters (lactones) is 1. The second-order valence-corrected chi connectivity index (χ2v) is 6.81. The van der Waals surface area contributed by atoms with Gasteiger partial charge in [0.25, 0.3) is 5.60 Å². The zero-order valence-electron chi connectivity index (χ0n) is 13.5. The van der Waals surface area contributed by atoms with Crippen molar-refractivity contribution in [1.82, 2.24) is 4.90 Å². The third-order valence-corrected chi connectivity index (χ3v) is 5.02. The van der Waals surface area contributed by atoms with Crippen molar-refractivity contribution in [1.29, 1.82) is 0 Å². The van der Waals surface area contributed by atoms with Gasteiger partial charge >= 0.3 is 18.4 Å². The van der Waals surface area contributed by atoms with Crippen LogP contribution in [-0.2, 0) is 10.3 Å². The molecular weight excluding hydrogens is 377 g/mol. The van der Waals surface area contributed by atoms with Gasteiger partial charge in [0.2, 0.25) is 0 Å². The largest absolute Gasteiger partial charge is 0.465 e. The number of rotatable bonds is 3. The molecule has 0 bridgehead atoms. The monoisotopic (exact) mass is 392 g/mol. The third-order valence-electron chi connectivity index (χ3n) is 4.78. The van der Waals surface area contributed by atoms with Gasteiger partial charge in [0.05, 0.1) is 12.2 Å². The molecular formula is C16H16ClF3N2O4. The van der Waals surface area contributed by atoms with Crippen LogP contribution in [0.25, 0.3) is 0 Å². The van der Waals surface area contributed by atoms with Crippen molar-refractivity contribution in [2.75, 3.05) is 11.9 Å². The van der Waals surface area contributed by atoms with E-state index in [1.807, 2.05) is 0 Å². The first-order valence-corrected chi connectivity index (χ1v) is 8.38. The number of anilines is 1. The highest BCUT2D eigenvalue weighted by molar-refractivity contribution is 6.30. The van der Waals surface area contributed by atoms with E-state index in [1.54, 1.807) is 0 Å². The number of nitrogens with zero attached hydrogens (tertiary/aromatic N) is 1. The van der Waals surface area contributed by atoms with Gasteiger partial charge in [0.1, 0.15) is 0 Å². The topological polar surface area (TPSA) is 78.9 Å². The van der Waals surface area contributed by atoms with Crippen LogP contribution in [0.3, 0.4) is 0 Å². The van der Waals surface area contributed by atoms with Gasteiger partial charge in [0.15, 0.2) is 0 Å². The fraction of sp³-hybridized carbons (Fsp3) is 0.500. The highest BCUT2D eigenvalue weighted by atomic mass is 35.5. The summed E-state index contributed by atoms with van der Waals surface area (Å²) >= 11 is 5.85. The summed E-state index contributed by atoms with van der Waals surface area (Å²) in [5.74, 6) is 0. The van der Waals surface area contributed by atoms with Gasteiger partial charge in [-0.1, -0.05) is 24.4 Å². The lowest BCUT2D eigenvalue weighted by molar-refractivity contribution is -0.269. The standard InChI is InChI=1S/C16H16ClF3N2O4/c17-9-5-6-12-11(7-9)15(16(18,19)20,26-13(23)21-12)8-22(14(24)25)10-3-1-2-4-10/h5-7,10H,1-4,8H2,(H,21,23)(H,24,25). The van der Waals surface area contributed by atoms with Crippen LogP contribution in [0.2, 0.25) is 5.02 Å². The predicted molar refractivity (Wildman–Crippen MR) is 86.3 cm³/mol. The molecule has 1 unspecified atom stereocenters. The molecule has 6 nitrogen and oxygen atoms in total. The first-order valence-electron chi connectivity index (χ1n) is 8.00. The summed E-state index contributed by atoms with van der Waals surface area (Å²) in [5, 5.41) is 11.7. The van der Waals surface area contributed by atoms with Crippen LogP contribution in [0.4, 0.5) is 28.4 Å². The van der Waals surface area contributed by atoms with E-state index in [4.69, 9.17) is 16.3 Å². The van der Waals surface area contributed by atoms with Crippen molar-refractivity contribution in [2.45, 2.75) is 43.5 Å². The first kappa shape index (κ1) is 18.6. The van der Waals surface area contributed by atoms with Crippen molar-refractivity contribution < 1.29 is 32.6 Å². The van der Waals surface area contributed by atoms with Crippen LogP contribution >= 0.6 is 11.6 Å². The van der Waals surface area contributed by atoms with Gasteiger partial charge in [-0.3, -0.25) is 5.32 Å². The molecule has 1 aliphatic carbocycles. The molecule has 0 aromatic heterocycles. The van der Waals surface area contributed by atoms with Crippen LogP contribution in [0.15, 0.2) is 18.2 Å². The van der Waals surface area contributed by atoms with Gasteiger partial charge in [0, 0.05) is 16.6 Å². The van der Waals surface area contributed by atoms with Crippen LogP contribution in [0, 0.1) is 0 Å². The number of alkyl halides is 3. The molecule has 0 saturated heterocycles. The minimum absolute atomic E-state index is 0.0138. The summed E-state index contributed by atoms with van der Waals surface area (Å²) < 4.78 is 47.1. The molecule has 2 amide bonds. The minimum atomic E-state index is -5.05. The van der Waals surface area contributed by atoms with E-state index in [9.17, 15) is 27.9 Å². The van der Waals surface area contributed by atoms with E-state index >= 15 is 0 Å². The fourth-order valence-electron chi connectivity index (χ4n) is 3.53. The van der Waals surface area contributed by atoms with Crippen molar-refractivity contribution in [3.63, 3.8) is 0 Å². The predicted octanol–water partition coefficient (Wildman–Crippen LogP) is 4.58. The molecule has 1 aromatic rings. The molecule has 1 aliphatic heterocycles. The molecule has 2 N–H and O–H groups in total. The Morgan fingerprint density at radius 3 is 2.62 bits per heavy atom. The van der Waals surface area contributed by atoms with E-state index in [0.29, 0.717) is 12.8 Å². The minimum Gasteiger partial charge on any atom is -0.465 e. The maximum atomic E-state index is 14.1. The van der Waals surface area contributed by atoms with Crippen LogP contribution < -0.4 is 5.32 Å². The molecule has 1 heterocycles. The summed E-state index contributed by atoms with van der Waals surface area (Å²) in [6, 6.07) is 3.06. The Kier molecular flexibility index (Phi) is 4.68. The Hall–Kier alpha value is -2.16. The Morgan fingerprint density at radius 2 is 2.04 bits per heavy atom. The van der Waals surface area contributed by atoms with E-state index in [2.05, 4.69) is 5.32 Å². The van der Waals surface area contributed by atoms with Gasteiger partial charge in [-0.25, -0.2) is 9.59 Å². The van der Waals surface area contributed by atoms with Crippen LogP contribution in [0.5, 0.6) is 0 Å². The molecule has 10 heteroatoms. The summed E-state index contributed by atoms with van der Waals surface area (Å²) in [5.41, 5.74) is -3.66. The zero-order chi connectivity index (χ0) is 19.1. The molecule has 26 heavy (non-hydrogen) atoms. The number of hydrogen-bond acceptors (Lipinski definition) is 3. The average molecular weight is 393 g/mol. The van der Waals surface area contributed by atoms with E-state index in [1.165, 1.54) is 12.1 Å². The van der Waals surface area contributed by atoms with E-state index in [0.717, 1.165) is 23.8 Å². The molecule has 1 aromatic carbocycles. The van der Waals surface area contributed by atoms with E-state index in [-0.39, 0.29) is 10.7 Å². The quantitative estimate of drug-likeness (QED) is 0.789. The van der Waals surface area contributed by atoms with Crippen molar-refractivity contribution in [3.8, 4) is 0 Å². The molecule has 1 saturated carbocycles. The lowest BCUT2D eigenvalue weighted by atomic mass is 9.88. The lowest BCUT2D eigenvalue weighted by Crippen LogP contribution is -2.58. The summed E-state index contributed by atoms with van der Waals surface area (Å²) in [6.07, 6.45) is -5.43. The van der Waals surface area contributed by atoms with Gasteiger partial charge in [-0.2, -0.15) is 13.2 Å². The number of ether oxygens (including phenoxy) is 1. The number of nitrogens with one attached hydrogen (secondary N) is 1. The summed E-state index contributed by atoms with van der Waals surface area (Å²) in [7, 11) is 0. The van der Waals surface area contributed by atoms with Crippen molar-refractivity contribution in [2.24, 2.45) is 0 Å². The maximum Gasteiger partial charge on any atom is 0.434 e. The zero-order valence-corrected chi connectivity index (χ0v) is 14.2. The Labute approximate surface area is 151 Å². The molecule has 1 atom stereocenters. The summed E-state index contributed by atoms with van der Waals surface area (Å²) in [4.78, 5) is 24.2. The molecule has 3 rings (SSSR count). The molecule has 0 spiro atoms. The smallest absolute Gasteiger partial charge is 0.434 e. The van der Waals surface area contributed by atoms with Crippen molar-refractivity contribution >= 4 is 29.5 Å². The fourth-order valence-corrected chi connectivity index (χ4v) is 3.71. The van der Waals surface area contributed by atoms with Crippen molar-refractivity contribution in [3.05, 3.63) is 28.8 Å². The Balaban J connectivity index is 2.12. The SMILES string of the molecule is O=C1Nc2ccc(Cl)cc2C(CN(C(=O)O)C2CCCC2)(C(F)(F)F)O1. The van der Waals surface area contributed by atoms with Gasteiger partial charge in [-0.05, 0) is 31.0 Å². The number of carboxylic acid groups (broad SMARTS) is 1. The van der Waals surface area contributed by atoms with Gasteiger partial charge in [-0.15, -0.1) is 0 Å². The summed E-state index contributed by atoms with van der Waals surface area (Å²) in [6.45, 7) is -1.04. The first-order chi connectivity index (χ1) is 12.1. The molecule has 142 valence electrons. The number of amides is 2. The van der Waals surface area contributed by atoms with E-state index < -0.39 is 42.1 Å². The normalized spacial score (nSPS) is 23.2. The highest BCUT2D eigenvalue weighted by Crippen LogP contribution is 2.49. The Morgan fingerprint density at radius 1 is 1.38 bits per heavy atom. The van der Waals surface area contributed by atoms with Crippen LogP contribution in [0.1, 0.15) is 31.2 Å². The molecule has 0 radical (unpaired) electrons. The number of halogens is 4. The number of benzene rings is 1. The number of hydrogen-bond donors (Lipinski definition) is 2. The second-order valence-electron chi connectivity index (χ2n) is 6.38. The number of fused-ring (bicyclic) bond motifs is 1. The van der Waals surface area contributed by atoms with Crippen LogP contribution in [-0.4, -0.2) is 41.0 Å². The Bertz CT molecular complexity index is 737. The molecule has 1 fully saturated rings. The highest BCUT2D eigenvalue weighted by Gasteiger charge is 2.63.